The molecule has 0 unspecified atom stereocenters. The minimum Gasteiger partial charge on any atom is -0.452 e. The Bertz CT molecular complexity index is 562. The van der Waals surface area contributed by atoms with E-state index in [0.717, 1.165) is 10.4 Å². The minimum atomic E-state index is -0.304. The van der Waals surface area contributed by atoms with Crippen LogP contribution in [-0.4, -0.2) is 5.97 Å². The van der Waals surface area contributed by atoms with Crippen molar-refractivity contribution in [2.75, 3.05) is 0 Å². The van der Waals surface area contributed by atoms with E-state index >= 15 is 0 Å². The normalized spacial score (nSPS) is 13.0. The van der Waals surface area contributed by atoms with Crippen LogP contribution in [-0.2, 0) is 14.9 Å². The number of benzene rings is 1. The van der Waals surface area contributed by atoms with Crippen molar-refractivity contribution in [1.82, 2.24) is 0 Å². The molecule has 1 atom stereocenters. The van der Waals surface area contributed by atoms with Crippen LogP contribution < -0.4 is 0 Å². The summed E-state index contributed by atoms with van der Waals surface area (Å²) in [6, 6.07) is 12.3. The van der Waals surface area contributed by atoms with Crippen LogP contribution >= 0.6 is 11.3 Å². The van der Waals surface area contributed by atoms with Crippen molar-refractivity contribution in [3.63, 3.8) is 0 Å². The quantitative estimate of drug-likeness (QED) is 0.765. The van der Waals surface area contributed by atoms with E-state index in [-0.39, 0.29) is 17.5 Å². The Balaban J connectivity index is 2.32. The number of thiophene rings is 1. The first-order valence-corrected chi connectivity index (χ1v) is 7.57. The van der Waals surface area contributed by atoms with E-state index in [1.54, 1.807) is 11.3 Å². The molecule has 0 aliphatic rings. The average Bonchev–Trinajstić information content (AvgIpc) is 2.88. The summed E-state index contributed by atoms with van der Waals surface area (Å²) in [5.74, 6) is -0.261. The maximum Gasteiger partial charge on any atom is 0.303 e. The first-order valence-electron chi connectivity index (χ1n) is 6.69. The van der Waals surface area contributed by atoms with Crippen molar-refractivity contribution in [1.29, 1.82) is 0 Å². The molecule has 0 radical (unpaired) electrons. The van der Waals surface area contributed by atoms with Gasteiger partial charge in [-0.25, -0.2) is 0 Å². The molecule has 0 spiro atoms. The van der Waals surface area contributed by atoms with E-state index in [1.807, 2.05) is 29.6 Å². The summed E-state index contributed by atoms with van der Waals surface area (Å²) in [4.78, 5) is 12.4. The second kappa shape index (κ2) is 5.80. The third kappa shape index (κ3) is 3.48. The summed E-state index contributed by atoms with van der Waals surface area (Å²) in [5, 5.41) is 2.00. The van der Waals surface area contributed by atoms with E-state index in [2.05, 4.69) is 32.9 Å². The topological polar surface area (TPSA) is 26.3 Å². The number of hydrogen-bond acceptors (Lipinski definition) is 3. The van der Waals surface area contributed by atoms with Crippen LogP contribution in [0.15, 0.2) is 41.8 Å². The van der Waals surface area contributed by atoms with Crippen LogP contribution in [0, 0.1) is 0 Å². The van der Waals surface area contributed by atoms with E-state index in [4.69, 9.17) is 4.74 Å². The van der Waals surface area contributed by atoms with Gasteiger partial charge in [-0.15, -0.1) is 11.3 Å². The Kier molecular flexibility index (Phi) is 4.29. The van der Waals surface area contributed by atoms with Gasteiger partial charge >= 0.3 is 5.97 Å². The van der Waals surface area contributed by atoms with Crippen molar-refractivity contribution in [3.8, 4) is 0 Å². The zero-order valence-corrected chi connectivity index (χ0v) is 13.2. The average molecular weight is 288 g/mol. The van der Waals surface area contributed by atoms with Gasteiger partial charge in [0.25, 0.3) is 0 Å². The highest BCUT2D eigenvalue weighted by Gasteiger charge is 2.20. The van der Waals surface area contributed by atoms with Crippen LogP contribution in [0.4, 0.5) is 0 Å². The number of carbonyl (C=O) groups is 1. The number of carbonyl (C=O) groups excluding carboxylic acids is 1. The molecule has 0 bridgehead atoms. The van der Waals surface area contributed by atoms with E-state index in [1.165, 1.54) is 12.5 Å². The Labute approximate surface area is 124 Å². The van der Waals surface area contributed by atoms with Gasteiger partial charge in [-0.2, -0.15) is 0 Å². The Morgan fingerprint density at radius 1 is 1.15 bits per heavy atom. The second-order valence-electron chi connectivity index (χ2n) is 5.88. The van der Waals surface area contributed by atoms with Gasteiger partial charge in [0.1, 0.15) is 0 Å². The fourth-order valence-corrected chi connectivity index (χ4v) is 2.83. The van der Waals surface area contributed by atoms with Crippen molar-refractivity contribution in [2.24, 2.45) is 0 Å². The predicted molar refractivity (Wildman–Crippen MR) is 83.1 cm³/mol. The van der Waals surface area contributed by atoms with Crippen LogP contribution in [0.2, 0.25) is 0 Å². The van der Waals surface area contributed by atoms with Crippen LogP contribution in [0.5, 0.6) is 0 Å². The van der Waals surface area contributed by atoms with Gasteiger partial charge in [0.2, 0.25) is 0 Å². The summed E-state index contributed by atoms with van der Waals surface area (Å²) in [7, 11) is 0. The zero-order valence-electron chi connectivity index (χ0n) is 12.3. The van der Waals surface area contributed by atoms with Gasteiger partial charge in [-0.3, -0.25) is 4.79 Å². The Morgan fingerprint density at radius 3 is 2.25 bits per heavy atom. The maximum absolute atomic E-state index is 11.3. The highest BCUT2D eigenvalue weighted by Crippen LogP contribution is 2.31. The molecular formula is C17H20O2S. The SMILES string of the molecule is CC(=O)O[C@@H](c1ccc(C(C)(C)C)cc1)c1cccs1. The molecule has 20 heavy (non-hydrogen) atoms. The molecule has 0 amide bonds. The Morgan fingerprint density at radius 2 is 1.80 bits per heavy atom. The minimum absolute atomic E-state index is 0.123. The smallest absolute Gasteiger partial charge is 0.303 e. The van der Waals surface area contributed by atoms with E-state index in [9.17, 15) is 4.79 Å². The van der Waals surface area contributed by atoms with Crippen molar-refractivity contribution in [3.05, 3.63) is 57.8 Å². The summed E-state index contributed by atoms with van der Waals surface area (Å²) < 4.78 is 5.48. The summed E-state index contributed by atoms with van der Waals surface area (Å²) in [5.41, 5.74) is 2.41. The molecule has 0 aliphatic heterocycles. The van der Waals surface area contributed by atoms with Crippen LogP contribution in [0.1, 0.15) is 49.8 Å². The van der Waals surface area contributed by atoms with Crippen molar-refractivity contribution < 1.29 is 9.53 Å². The van der Waals surface area contributed by atoms with Gasteiger partial charge in [0.05, 0.1) is 0 Å². The largest absolute Gasteiger partial charge is 0.452 e. The molecule has 0 N–H and O–H groups in total. The third-order valence-corrected chi connectivity index (χ3v) is 4.08. The van der Waals surface area contributed by atoms with Crippen molar-refractivity contribution in [2.45, 2.75) is 39.2 Å². The molecule has 1 heterocycles. The molecular weight excluding hydrogens is 268 g/mol. The summed E-state index contributed by atoms with van der Waals surface area (Å²) in [6.07, 6.45) is -0.304. The fourth-order valence-electron chi connectivity index (χ4n) is 2.05. The van der Waals surface area contributed by atoms with Gasteiger partial charge in [-0.05, 0) is 28.0 Å². The lowest BCUT2D eigenvalue weighted by atomic mass is 9.86. The second-order valence-corrected chi connectivity index (χ2v) is 6.86. The molecule has 106 valence electrons. The fraction of sp³-hybridized carbons (Fsp3) is 0.353. The van der Waals surface area contributed by atoms with Crippen molar-refractivity contribution >= 4 is 17.3 Å². The van der Waals surface area contributed by atoms with E-state index < -0.39 is 0 Å². The molecule has 0 saturated heterocycles. The lowest BCUT2D eigenvalue weighted by Gasteiger charge is -2.21. The number of rotatable bonds is 3. The van der Waals surface area contributed by atoms with Gasteiger partial charge in [-0.1, -0.05) is 51.1 Å². The number of hydrogen-bond donors (Lipinski definition) is 0. The maximum atomic E-state index is 11.3. The zero-order chi connectivity index (χ0) is 14.8. The molecule has 0 fully saturated rings. The molecule has 2 rings (SSSR count). The highest BCUT2D eigenvalue weighted by molar-refractivity contribution is 7.10. The first kappa shape index (κ1) is 14.8. The molecule has 1 aromatic carbocycles. The molecule has 0 aliphatic carbocycles. The lowest BCUT2D eigenvalue weighted by molar-refractivity contribution is -0.144. The third-order valence-electron chi connectivity index (χ3n) is 3.16. The number of ether oxygens (including phenoxy) is 1. The lowest BCUT2D eigenvalue weighted by Crippen LogP contribution is -2.12. The molecule has 0 saturated carbocycles. The van der Waals surface area contributed by atoms with Gasteiger partial charge in [0, 0.05) is 11.8 Å². The summed E-state index contributed by atoms with van der Waals surface area (Å²) in [6.45, 7) is 8.00. The monoisotopic (exact) mass is 288 g/mol. The molecule has 2 aromatic rings. The predicted octanol–water partition coefficient (Wildman–Crippen LogP) is 4.70. The molecule has 1 aromatic heterocycles. The molecule has 3 heteroatoms. The molecule has 2 nitrogen and oxygen atoms in total. The van der Waals surface area contributed by atoms with Gasteiger partial charge < -0.3 is 4.74 Å². The Hall–Kier alpha value is -1.61. The van der Waals surface area contributed by atoms with Crippen LogP contribution in [0.25, 0.3) is 0 Å². The van der Waals surface area contributed by atoms with Gasteiger partial charge in [0.15, 0.2) is 6.10 Å². The number of esters is 1. The van der Waals surface area contributed by atoms with Crippen LogP contribution in [0.3, 0.4) is 0 Å². The summed E-state index contributed by atoms with van der Waals surface area (Å²) >= 11 is 1.60. The van der Waals surface area contributed by atoms with E-state index in [0.29, 0.717) is 0 Å². The standard InChI is InChI=1S/C17H20O2S/c1-12(18)19-16(15-6-5-11-20-15)13-7-9-14(10-8-13)17(2,3)4/h5-11,16H,1-4H3/t16-/m0/s1. The first-order chi connectivity index (χ1) is 9.38. The highest BCUT2D eigenvalue weighted by atomic mass is 32.1.